The largest absolute Gasteiger partial charge is 0.508 e. The maximum Gasteiger partial charge on any atom is 0.331 e. The molecule has 5 atom stereocenters. The van der Waals surface area contributed by atoms with E-state index in [2.05, 4.69) is 0 Å². The third-order valence-corrected chi connectivity index (χ3v) is 6.44. The number of benzene rings is 3. The molecule has 1 aliphatic rings. The van der Waals surface area contributed by atoms with Crippen molar-refractivity contribution in [1.29, 1.82) is 0 Å². The van der Waals surface area contributed by atoms with Gasteiger partial charge in [-0.25, -0.2) is 4.79 Å². The van der Waals surface area contributed by atoms with Crippen LogP contribution in [0.5, 0.6) is 23.0 Å². The van der Waals surface area contributed by atoms with Crippen LogP contribution in [-0.4, -0.2) is 74.7 Å². The average Bonchev–Trinajstić information content (AvgIpc) is 2.95. The number of aliphatic hydroxyl groups excluding tert-OH is 3. The Morgan fingerprint density at radius 2 is 1.45 bits per heavy atom. The lowest BCUT2D eigenvalue weighted by Gasteiger charge is -2.42. The van der Waals surface area contributed by atoms with Gasteiger partial charge in [-0.2, -0.15) is 0 Å². The Kier molecular flexibility index (Phi) is 9.08. The van der Waals surface area contributed by atoms with Crippen LogP contribution in [0.25, 0.3) is 18.2 Å². The van der Waals surface area contributed by atoms with Crippen molar-refractivity contribution < 1.29 is 49.6 Å². The van der Waals surface area contributed by atoms with E-state index in [0.717, 1.165) is 11.6 Å². The maximum atomic E-state index is 12.8. The zero-order valence-corrected chi connectivity index (χ0v) is 21.5. The summed E-state index contributed by atoms with van der Waals surface area (Å²) in [6.45, 7) is -0.630. The summed E-state index contributed by atoms with van der Waals surface area (Å²) >= 11 is 0. The molecule has 0 radical (unpaired) electrons. The van der Waals surface area contributed by atoms with Gasteiger partial charge >= 0.3 is 5.97 Å². The van der Waals surface area contributed by atoms with Crippen LogP contribution in [-0.2, 0) is 14.3 Å². The van der Waals surface area contributed by atoms with Crippen molar-refractivity contribution in [3.8, 4) is 23.0 Å². The first-order valence-corrected chi connectivity index (χ1v) is 12.4. The van der Waals surface area contributed by atoms with Gasteiger partial charge in [-0.15, -0.1) is 0 Å². The Morgan fingerprint density at radius 1 is 0.850 bits per heavy atom. The third-order valence-electron chi connectivity index (χ3n) is 6.44. The Morgan fingerprint density at radius 3 is 2.02 bits per heavy atom. The van der Waals surface area contributed by atoms with Crippen LogP contribution in [0, 0.1) is 0 Å². The summed E-state index contributed by atoms with van der Waals surface area (Å²) in [5.74, 6) is -0.670. The fourth-order valence-electron chi connectivity index (χ4n) is 4.39. The van der Waals surface area contributed by atoms with Crippen LogP contribution in [0.4, 0.5) is 0 Å². The molecule has 0 saturated carbocycles. The zero-order chi connectivity index (χ0) is 28.8. The lowest BCUT2D eigenvalue weighted by atomic mass is 9.88. The van der Waals surface area contributed by atoms with Crippen molar-refractivity contribution in [2.45, 2.75) is 30.5 Å². The number of phenols is 3. The SMILES string of the molecule is COc1cc(O)cc(/C=C/c2ccc(O)cc2)c1[C@@H]1O[C@H](CO)[C@@H](O)[C@H](O)[C@H]1OC(=O)/C=C/c1ccc(O)cc1. The summed E-state index contributed by atoms with van der Waals surface area (Å²) in [6, 6.07) is 15.2. The standard InChI is InChI=1S/C30H30O10/c1-38-23-15-22(34)14-19(8-2-17-3-9-20(32)10-4-17)26(23)29-30(28(37)27(36)24(16-31)39-29)40-25(35)13-7-18-5-11-21(33)12-6-18/h2-15,24,27-34,36-37H,16H2,1H3/b8-2+,13-7+/t24-,27-,28+,29+,30-/m1/s1. The number of esters is 1. The van der Waals surface area contributed by atoms with Gasteiger partial charge < -0.3 is 44.8 Å². The van der Waals surface area contributed by atoms with Crippen LogP contribution < -0.4 is 4.74 Å². The number of hydrogen-bond acceptors (Lipinski definition) is 10. The van der Waals surface area contributed by atoms with Gasteiger partial charge in [0.05, 0.1) is 13.7 Å². The highest BCUT2D eigenvalue weighted by atomic mass is 16.6. The number of hydrogen-bond donors (Lipinski definition) is 6. The van der Waals surface area contributed by atoms with Gasteiger partial charge in [0, 0.05) is 17.7 Å². The summed E-state index contributed by atoms with van der Waals surface area (Å²) in [5, 5.41) is 60.7. The van der Waals surface area contributed by atoms with Crippen molar-refractivity contribution >= 4 is 24.2 Å². The van der Waals surface area contributed by atoms with E-state index in [1.165, 1.54) is 49.6 Å². The highest BCUT2D eigenvalue weighted by molar-refractivity contribution is 5.87. The fraction of sp³-hybridized carbons (Fsp3) is 0.233. The normalized spacial score (nSPS) is 22.9. The van der Waals surface area contributed by atoms with E-state index in [4.69, 9.17) is 14.2 Å². The molecule has 3 aromatic carbocycles. The molecule has 0 aromatic heterocycles. The minimum atomic E-state index is -1.64. The van der Waals surface area contributed by atoms with Gasteiger partial charge in [0.25, 0.3) is 0 Å². The van der Waals surface area contributed by atoms with E-state index in [1.807, 2.05) is 0 Å². The molecule has 210 valence electrons. The van der Waals surface area contributed by atoms with Crippen LogP contribution >= 0.6 is 0 Å². The molecule has 1 aliphatic heterocycles. The monoisotopic (exact) mass is 550 g/mol. The number of aliphatic hydroxyl groups is 3. The molecule has 10 heteroatoms. The molecule has 1 heterocycles. The number of phenolic OH excluding ortho intramolecular Hbond substituents is 3. The average molecular weight is 551 g/mol. The molecule has 3 aromatic rings. The molecule has 1 saturated heterocycles. The summed E-state index contributed by atoms with van der Waals surface area (Å²) in [4.78, 5) is 12.8. The second-order valence-corrected chi connectivity index (χ2v) is 9.16. The molecular formula is C30H30O10. The highest BCUT2D eigenvalue weighted by Crippen LogP contribution is 2.42. The molecular weight excluding hydrogens is 520 g/mol. The van der Waals surface area contributed by atoms with Gasteiger partial charge in [-0.3, -0.25) is 0 Å². The summed E-state index contributed by atoms with van der Waals surface area (Å²) in [5.41, 5.74) is 2.01. The van der Waals surface area contributed by atoms with Gasteiger partial charge in [-0.1, -0.05) is 36.4 Å². The Bertz CT molecular complexity index is 1360. The molecule has 0 unspecified atom stereocenters. The van der Waals surface area contributed by atoms with E-state index >= 15 is 0 Å². The summed E-state index contributed by atoms with van der Waals surface area (Å²) in [7, 11) is 1.37. The topological polar surface area (TPSA) is 166 Å². The molecule has 0 bridgehead atoms. The molecule has 0 aliphatic carbocycles. The summed E-state index contributed by atoms with van der Waals surface area (Å²) < 4.78 is 17.0. The fourth-order valence-corrected chi connectivity index (χ4v) is 4.39. The predicted molar refractivity (Wildman–Crippen MR) is 145 cm³/mol. The van der Waals surface area contributed by atoms with E-state index in [-0.39, 0.29) is 23.0 Å². The van der Waals surface area contributed by atoms with E-state index in [1.54, 1.807) is 36.4 Å². The zero-order valence-electron chi connectivity index (χ0n) is 21.5. The van der Waals surface area contributed by atoms with Crippen LogP contribution in [0.1, 0.15) is 28.4 Å². The molecule has 0 amide bonds. The van der Waals surface area contributed by atoms with E-state index in [0.29, 0.717) is 16.7 Å². The molecule has 10 nitrogen and oxygen atoms in total. The first-order chi connectivity index (χ1) is 19.2. The van der Waals surface area contributed by atoms with Gasteiger partial charge in [0.15, 0.2) is 6.10 Å². The van der Waals surface area contributed by atoms with Crippen LogP contribution in [0.3, 0.4) is 0 Å². The number of ether oxygens (including phenoxy) is 3. The molecule has 1 fully saturated rings. The number of aromatic hydroxyl groups is 3. The van der Waals surface area contributed by atoms with Crippen molar-refractivity contribution in [3.05, 3.63) is 89.0 Å². The van der Waals surface area contributed by atoms with Crippen LogP contribution in [0.15, 0.2) is 66.7 Å². The molecule has 6 N–H and O–H groups in total. The van der Waals surface area contributed by atoms with E-state index in [9.17, 15) is 35.4 Å². The van der Waals surface area contributed by atoms with Gasteiger partial charge in [-0.05, 0) is 53.1 Å². The lowest BCUT2D eigenvalue weighted by molar-refractivity contribution is -0.239. The Hall–Kier alpha value is -4.35. The Labute approximate surface area is 230 Å². The predicted octanol–water partition coefficient (Wildman–Crippen LogP) is 2.76. The first-order valence-electron chi connectivity index (χ1n) is 12.4. The van der Waals surface area contributed by atoms with Gasteiger partial charge in [0.1, 0.15) is 47.4 Å². The van der Waals surface area contributed by atoms with Crippen molar-refractivity contribution in [2.75, 3.05) is 13.7 Å². The molecule has 0 spiro atoms. The van der Waals surface area contributed by atoms with Crippen LogP contribution in [0.2, 0.25) is 0 Å². The smallest absolute Gasteiger partial charge is 0.331 e. The number of carbonyl (C=O) groups is 1. The van der Waals surface area contributed by atoms with Gasteiger partial charge in [0.2, 0.25) is 0 Å². The minimum Gasteiger partial charge on any atom is -0.508 e. The van der Waals surface area contributed by atoms with Crippen molar-refractivity contribution in [3.63, 3.8) is 0 Å². The number of methoxy groups -OCH3 is 1. The van der Waals surface area contributed by atoms with Crippen molar-refractivity contribution in [1.82, 2.24) is 0 Å². The lowest BCUT2D eigenvalue weighted by Crippen LogP contribution is -2.56. The molecule has 40 heavy (non-hydrogen) atoms. The molecule has 4 rings (SSSR count). The number of carbonyl (C=O) groups excluding carboxylic acids is 1. The van der Waals surface area contributed by atoms with Crippen molar-refractivity contribution in [2.24, 2.45) is 0 Å². The quantitative estimate of drug-likeness (QED) is 0.139. The summed E-state index contributed by atoms with van der Waals surface area (Å²) in [6.07, 6.45) is -1.17. The second-order valence-electron chi connectivity index (χ2n) is 9.16. The third kappa shape index (κ3) is 6.61. The minimum absolute atomic E-state index is 0.0654. The maximum absolute atomic E-state index is 12.8. The highest BCUT2D eigenvalue weighted by Gasteiger charge is 2.48. The number of rotatable bonds is 8. The second kappa shape index (κ2) is 12.7. The first kappa shape index (κ1) is 28.7. The van der Waals surface area contributed by atoms with E-state index < -0.39 is 43.1 Å². The Balaban J connectivity index is 1.72.